The molecule has 2 aliphatic carbocycles. The second kappa shape index (κ2) is 5.99. The third kappa shape index (κ3) is 2.34. The molecule has 2 fully saturated rings. The van der Waals surface area contributed by atoms with Crippen LogP contribution in [0.1, 0.15) is 33.5 Å². The van der Waals surface area contributed by atoms with Gasteiger partial charge in [-0.3, -0.25) is 14.4 Å². The summed E-state index contributed by atoms with van der Waals surface area (Å²) in [5, 5.41) is 0. The van der Waals surface area contributed by atoms with E-state index in [9.17, 15) is 14.4 Å². The number of carbonyl (C=O) groups is 3. The molecule has 1 heterocycles. The highest BCUT2D eigenvalue weighted by atomic mass is 16.2. The molecule has 5 rings (SSSR count). The number of allylic oxidation sites excluding steroid dienone is 2. The van der Waals surface area contributed by atoms with Crippen LogP contribution in [0.5, 0.6) is 0 Å². The molecule has 0 unspecified atom stereocenters. The molecular formula is C24H21NO3. The van der Waals surface area contributed by atoms with Crippen molar-refractivity contribution in [2.45, 2.75) is 20.3 Å². The van der Waals surface area contributed by atoms with Crippen LogP contribution in [-0.2, 0) is 9.59 Å². The van der Waals surface area contributed by atoms with E-state index >= 15 is 0 Å². The maximum absolute atomic E-state index is 13.0. The van der Waals surface area contributed by atoms with Gasteiger partial charge in [-0.25, -0.2) is 4.90 Å². The van der Waals surface area contributed by atoms with E-state index in [-0.39, 0.29) is 41.3 Å². The zero-order valence-corrected chi connectivity index (χ0v) is 15.9. The summed E-state index contributed by atoms with van der Waals surface area (Å²) in [7, 11) is 0. The van der Waals surface area contributed by atoms with Crippen LogP contribution < -0.4 is 4.90 Å². The van der Waals surface area contributed by atoms with Crippen molar-refractivity contribution in [1.29, 1.82) is 0 Å². The van der Waals surface area contributed by atoms with Crippen molar-refractivity contribution in [3.05, 3.63) is 76.9 Å². The summed E-state index contributed by atoms with van der Waals surface area (Å²) < 4.78 is 0. The first kappa shape index (κ1) is 17.1. The summed E-state index contributed by atoms with van der Waals surface area (Å²) in [5.41, 5.74) is 3.78. The number of fused-ring (bicyclic) bond motifs is 5. The van der Waals surface area contributed by atoms with Gasteiger partial charge in [0.25, 0.3) is 0 Å². The highest BCUT2D eigenvalue weighted by Crippen LogP contribution is 2.53. The highest BCUT2D eigenvalue weighted by molar-refractivity contribution is 6.23. The first-order valence-electron chi connectivity index (χ1n) is 9.74. The zero-order chi connectivity index (χ0) is 19.6. The maximum atomic E-state index is 13.0. The van der Waals surface area contributed by atoms with Crippen molar-refractivity contribution < 1.29 is 14.4 Å². The van der Waals surface area contributed by atoms with E-state index in [0.717, 1.165) is 17.5 Å². The molecule has 2 bridgehead atoms. The summed E-state index contributed by atoms with van der Waals surface area (Å²) >= 11 is 0. The maximum Gasteiger partial charge on any atom is 0.238 e. The number of aryl methyl sites for hydroxylation is 2. The first-order chi connectivity index (χ1) is 13.5. The third-order valence-electron chi connectivity index (χ3n) is 6.61. The third-order valence-corrected chi connectivity index (χ3v) is 6.61. The van der Waals surface area contributed by atoms with E-state index in [2.05, 4.69) is 12.2 Å². The number of carbonyl (C=O) groups excluding carboxylic acids is 3. The Labute approximate surface area is 163 Å². The lowest BCUT2D eigenvalue weighted by atomic mass is 9.85. The van der Waals surface area contributed by atoms with Gasteiger partial charge in [0.05, 0.1) is 17.5 Å². The van der Waals surface area contributed by atoms with Gasteiger partial charge >= 0.3 is 0 Å². The molecule has 4 heteroatoms. The van der Waals surface area contributed by atoms with Gasteiger partial charge in [-0.05, 0) is 61.4 Å². The van der Waals surface area contributed by atoms with Crippen LogP contribution in [0, 0.1) is 37.5 Å². The van der Waals surface area contributed by atoms with Crippen LogP contribution >= 0.6 is 0 Å². The minimum Gasteiger partial charge on any atom is -0.289 e. The number of anilines is 1. The molecule has 1 saturated heterocycles. The average molecular weight is 371 g/mol. The van der Waals surface area contributed by atoms with E-state index in [1.54, 1.807) is 24.3 Å². The van der Waals surface area contributed by atoms with E-state index < -0.39 is 0 Å². The lowest BCUT2D eigenvalue weighted by Crippen LogP contribution is -2.33. The smallest absolute Gasteiger partial charge is 0.238 e. The number of amides is 2. The van der Waals surface area contributed by atoms with Crippen LogP contribution in [-0.4, -0.2) is 17.6 Å². The zero-order valence-electron chi connectivity index (χ0n) is 15.9. The van der Waals surface area contributed by atoms with Crippen molar-refractivity contribution in [1.82, 2.24) is 0 Å². The largest absolute Gasteiger partial charge is 0.289 e. The van der Waals surface area contributed by atoms with Crippen molar-refractivity contribution in [2.75, 3.05) is 4.90 Å². The number of ketones is 1. The van der Waals surface area contributed by atoms with Gasteiger partial charge in [-0.15, -0.1) is 0 Å². The molecule has 140 valence electrons. The number of nitrogens with zero attached hydrogens (tertiary/aromatic N) is 1. The van der Waals surface area contributed by atoms with Crippen LogP contribution in [0.3, 0.4) is 0 Å². The molecule has 4 atom stereocenters. The molecule has 1 saturated carbocycles. The standard InChI is InChI=1S/C24H21NO3/c1-13-6-7-18(10-14(13)2)22(26)17-4-3-5-19(12-17)25-23(27)20-15-8-9-16(11-15)21(20)24(25)28/h3-10,12,15-16,20-21H,11H2,1-2H3/t15-,16-,20-,21-/m0/s1. The summed E-state index contributed by atoms with van der Waals surface area (Å²) in [6.07, 6.45) is 5.08. The average Bonchev–Trinajstić information content (AvgIpc) is 3.37. The van der Waals surface area contributed by atoms with Gasteiger partial charge in [0.15, 0.2) is 5.78 Å². The molecule has 1 aliphatic heterocycles. The van der Waals surface area contributed by atoms with Gasteiger partial charge in [-0.2, -0.15) is 0 Å². The summed E-state index contributed by atoms with van der Waals surface area (Å²) in [6.45, 7) is 3.98. The van der Waals surface area contributed by atoms with E-state index in [1.165, 1.54) is 4.90 Å². The Morgan fingerprint density at radius 1 is 0.857 bits per heavy atom. The van der Waals surface area contributed by atoms with Crippen LogP contribution in [0.15, 0.2) is 54.6 Å². The number of rotatable bonds is 3. The fraction of sp³-hybridized carbons (Fsp3) is 0.292. The quantitative estimate of drug-likeness (QED) is 0.468. The topological polar surface area (TPSA) is 54.5 Å². The molecule has 2 aromatic rings. The molecule has 0 N–H and O–H groups in total. The van der Waals surface area contributed by atoms with Crippen LogP contribution in [0.4, 0.5) is 5.69 Å². The molecule has 0 radical (unpaired) electrons. The molecule has 0 aromatic heterocycles. The molecule has 4 nitrogen and oxygen atoms in total. The Hall–Kier alpha value is -3.01. The Morgan fingerprint density at radius 3 is 2.14 bits per heavy atom. The predicted octanol–water partition coefficient (Wildman–Crippen LogP) is 3.85. The number of benzene rings is 2. The fourth-order valence-corrected chi connectivity index (χ4v) is 4.99. The second-order valence-corrected chi connectivity index (χ2v) is 8.19. The molecule has 2 aromatic carbocycles. The lowest BCUT2D eigenvalue weighted by Gasteiger charge is -2.18. The second-order valence-electron chi connectivity index (χ2n) is 8.19. The van der Waals surface area contributed by atoms with Crippen molar-refractivity contribution in [2.24, 2.45) is 23.7 Å². The lowest BCUT2D eigenvalue weighted by molar-refractivity contribution is -0.123. The molecule has 3 aliphatic rings. The summed E-state index contributed by atoms with van der Waals surface area (Å²) in [6, 6.07) is 12.5. The minimum absolute atomic E-state index is 0.106. The highest BCUT2D eigenvalue weighted by Gasteiger charge is 2.59. The molecule has 0 spiro atoms. The number of hydrogen-bond donors (Lipinski definition) is 0. The van der Waals surface area contributed by atoms with Gasteiger partial charge in [0.1, 0.15) is 0 Å². The number of hydrogen-bond acceptors (Lipinski definition) is 3. The fourth-order valence-electron chi connectivity index (χ4n) is 4.99. The Balaban J connectivity index is 1.48. The molecule has 2 amide bonds. The minimum atomic E-state index is -0.235. The first-order valence-corrected chi connectivity index (χ1v) is 9.74. The summed E-state index contributed by atoms with van der Waals surface area (Å²) in [4.78, 5) is 40.3. The Bertz CT molecular complexity index is 1040. The monoisotopic (exact) mass is 371 g/mol. The van der Waals surface area contributed by atoms with E-state index in [0.29, 0.717) is 16.8 Å². The van der Waals surface area contributed by atoms with Gasteiger partial charge in [0, 0.05) is 11.1 Å². The van der Waals surface area contributed by atoms with Crippen molar-refractivity contribution in [3.8, 4) is 0 Å². The Kier molecular flexibility index (Phi) is 3.66. The van der Waals surface area contributed by atoms with Gasteiger partial charge in [0.2, 0.25) is 11.8 Å². The predicted molar refractivity (Wildman–Crippen MR) is 106 cm³/mol. The molecule has 28 heavy (non-hydrogen) atoms. The molecular weight excluding hydrogens is 350 g/mol. The van der Waals surface area contributed by atoms with Crippen LogP contribution in [0.25, 0.3) is 0 Å². The number of imide groups is 1. The van der Waals surface area contributed by atoms with Crippen molar-refractivity contribution >= 4 is 23.3 Å². The van der Waals surface area contributed by atoms with Gasteiger partial charge in [-0.1, -0.05) is 36.4 Å². The van der Waals surface area contributed by atoms with Crippen LogP contribution in [0.2, 0.25) is 0 Å². The van der Waals surface area contributed by atoms with E-state index in [4.69, 9.17) is 0 Å². The Morgan fingerprint density at radius 2 is 1.50 bits per heavy atom. The van der Waals surface area contributed by atoms with E-state index in [1.807, 2.05) is 32.0 Å². The van der Waals surface area contributed by atoms with Gasteiger partial charge < -0.3 is 0 Å². The van der Waals surface area contributed by atoms with Crippen molar-refractivity contribution in [3.63, 3.8) is 0 Å². The SMILES string of the molecule is Cc1ccc(C(=O)c2cccc(N3C(=O)[C@@H]4[C@@H](C3=O)[C@H]3C=C[C@H]4C3)c2)cc1C. The summed E-state index contributed by atoms with van der Waals surface area (Å²) in [5.74, 6) is -0.465. The normalized spacial score (nSPS) is 27.6.